The first kappa shape index (κ1) is 19.9. The molecule has 0 radical (unpaired) electrons. The predicted molar refractivity (Wildman–Crippen MR) is 110 cm³/mol. The van der Waals surface area contributed by atoms with Crippen molar-refractivity contribution in [2.75, 3.05) is 25.2 Å². The van der Waals surface area contributed by atoms with E-state index in [4.69, 9.17) is 0 Å². The lowest BCUT2D eigenvalue weighted by Gasteiger charge is -2.26. The van der Waals surface area contributed by atoms with Gasteiger partial charge in [-0.05, 0) is 37.1 Å². The van der Waals surface area contributed by atoms with Crippen molar-refractivity contribution >= 4 is 52.0 Å². The maximum Gasteiger partial charge on any atom is 0.445 e. The van der Waals surface area contributed by atoms with Gasteiger partial charge in [-0.25, -0.2) is 9.79 Å². The van der Waals surface area contributed by atoms with E-state index in [1.165, 1.54) is 23.4 Å². The van der Waals surface area contributed by atoms with E-state index in [0.717, 1.165) is 21.7 Å². The van der Waals surface area contributed by atoms with E-state index in [1.807, 2.05) is 32.0 Å². The highest BCUT2D eigenvalue weighted by Crippen LogP contribution is 2.25. The van der Waals surface area contributed by atoms with Gasteiger partial charge in [0.05, 0.1) is 19.8 Å². The van der Waals surface area contributed by atoms with E-state index in [1.54, 1.807) is 14.0 Å². The van der Waals surface area contributed by atoms with Crippen LogP contribution in [0.3, 0.4) is 0 Å². The fourth-order valence-corrected chi connectivity index (χ4v) is 4.11. The molecule has 3 rings (SSSR count). The highest BCUT2D eigenvalue weighted by Gasteiger charge is 2.48. The van der Waals surface area contributed by atoms with Crippen LogP contribution in [0, 0.1) is 19.8 Å². The molecule has 0 saturated carbocycles. The molecule has 0 spiro atoms. The smallest absolute Gasteiger partial charge is 0.325 e. The highest BCUT2D eigenvalue weighted by molar-refractivity contribution is 8.14. The van der Waals surface area contributed by atoms with Crippen LogP contribution >= 0.6 is 11.8 Å². The quantitative estimate of drug-likeness (QED) is 0.786. The SMILES string of the molecule is CC1=NC2=[N+](C)C(=O)N(C)C(=O)C2C(SCC(=O)Nc2cc(C)cc(C)c2)=N1. The number of amides is 4. The standard InChI is InChI=1S/C19H21N5O3S/c1-10-6-11(2)8-13(7-10)22-14(25)9-28-17-15-16(20-12(3)21-17)23(4)19(27)24(5)18(15)26/h6-8,15H,9H2,1-5H3/p+1. The van der Waals surface area contributed by atoms with Crippen molar-refractivity contribution < 1.29 is 19.0 Å². The molecule has 0 fully saturated rings. The first-order chi connectivity index (χ1) is 13.2. The first-order valence-electron chi connectivity index (χ1n) is 8.74. The van der Waals surface area contributed by atoms with E-state index < -0.39 is 17.9 Å². The summed E-state index contributed by atoms with van der Waals surface area (Å²) in [7, 11) is 3.00. The maximum atomic E-state index is 12.6. The van der Waals surface area contributed by atoms with Crippen molar-refractivity contribution in [1.82, 2.24) is 4.90 Å². The van der Waals surface area contributed by atoms with Gasteiger partial charge in [0.15, 0.2) is 5.92 Å². The van der Waals surface area contributed by atoms with Crippen LogP contribution in [0.15, 0.2) is 28.2 Å². The first-order valence-corrected chi connectivity index (χ1v) is 9.73. The molecule has 28 heavy (non-hydrogen) atoms. The fraction of sp³-hybridized carbons (Fsp3) is 0.368. The Morgan fingerprint density at radius 3 is 2.46 bits per heavy atom. The second-order valence-electron chi connectivity index (χ2n) is 6.85. The number of aliphatic imine (C=N–C) groups is 2. The van der Waals surface area contributed by atoms with Crippen molar-refractivity contribution in [3.8, 4) is 0 Å². The van der Waals surface area contributed by atoms with Crippen LogP contribution in [-0.2, 0) is 9.59 Å². The van der Waals surface area contributed by atoms with Gasteiger partial charge in [-0.1, -0.05) is 22.8 Å². The minimum Gasteiger partial charge on any atom is -0.325 e. The third kappa shape index (κ3) is 3.89. The van der Waals surface area contributed by atoms with E-state index in [0.29, 0.717) is 16.7 Å². The zero-order chi connectivity index (χ0) is 20.6. The summed E-state index contributed by atoms with van der Waals surface area (Å²) in [6.07, 6.45) is 0. The zero-order valence-electron chi connectivity index (χ0n) is 16.4. The summed E-state index contributed by atoms with van der Waals surface area (Å²) >= 11 is 1.18. The monoisotopic (exact) mass is 400 g/mol. The molecule has 2 aliphatic rings. The summed E-state index contributed by atoms with van der Waals surface area (Å²) in [4.78, 5) is 46.9. The summed E-state index contributed by atoms with van der Waals surface area (Å²) in [5.41, 5.74) is 2.86. The molecule has 8 nitrogen and oxygen atoms in total. The number of carbonyl (C=O) groups is 3. The number of fused-ring (bicyclic) bond motifs is 1. The Bertz CT molecular complexity index is 960. The number of hydrogen-bond donors (Lipinski definition) is 1. The van der Waals surface area contributed by atoms with E-state index in [2.05, 4.69) is 15.3 Å². The Balaban J connectivity index is 1.76. The molecule has 0 saturated heterocycles. The van der Waals surface area contributed by atoms with Crippen molar-refractivity contribution in [1.29, 1.82) is 0 Å². The van der Waals surface area contributed by atoms with Crippen molar-refractivity contribution in [3.63, 3.8) is 0 Å². The van der Waals surface area contributed by atoms with E-state index >= 15 is 0 Å². The molecule has 9 heteroatoms. The Labute approximate surface area is 167 Å². The van der Waals surface area contributed by atoms with E-state index in [9.17, 15) is 14.4 Å². The lowest BCUT2D eigenvalue weighted by atomic mass is 10.1. The number of thioether (sulfide) groups is 1. The summed E-state index contributed by atoms with van der Waals surface area (Å²) in [5, 5.41) is 3.34. The van der Waals surface area contributed by atoms with Crippen LogP contribution < -0.4 is 5.32 Å². The number of aryl methyl sites for hydroxylation is 2. The molecule has 2 aliphatic heterocycles. The molecule has 146 valence electrons. The average molecular weight is 400 g/mol. The Morgan fingerprint density at radius 2 is 1.82 bits per heavy atom. The number of anilines is 1. The topological polar surface area (TPSA) is 94.2 Å². The van der Waals surface area contributed by atoms with Crippen LogP contribution in [0.5, 0.6) is 0 Å². The minimum absolute atomic E-state index is 0.0948. The molecular weight excluding hydrogens is 378 g/mol. The van der Waals surface area contributed by atoms with Crippen LogP contribution in [0.1, 0.15) is 18.1 Å². The number of nitrogens with one attached hydrogen (secondary N) is 1. The van der Waals surface area contributed by atoms with Gasteiger partial charge in [0, 0.05) is 12.6 Å². The number of carbonyl (C=O) groups excluding carboxylic acids is 3. The third-order valence-electron chi connectivity index (χ3n) is 4.41. The lowest BCUT2D eigenvalue weighted by molar-refractivity contribution is -0.407. The summed E-state index contributed by atoms with van der Waals surface area (Å²) in [6, 6.07) is 5.39. The predicted octanol–water partition coefficient (Wildman–Crippen LogP) is 2.05. The second kappa shape index (κ2) is 7.67. The Kier molecular flexibility index (Phi) is 5.46. The Hall–Kier alpha value is -2.81. The second-order valence-corrected chi connectivity index (χ2v) is 7.85. The summed E-state index contributed by atoms with van der Waals surface area (Å²) < 4.78 is 1.35. The van der Waals surface area contributed by atoms with Gasteiger partial charge in [-0.2, -0.15) is 9.48 Å². The van der Waals surface area contributed by atoms with Crippen LogP contribution in [0.25, 0.3) is 0 Å². The lowest BCUT2D eigenvalue weighted by Crippen LogP contribution is -2.54. The minimum atomic E-state index is -0.768. The van der Waals surface area contributed by atoms with Crippen molar-refractivity contribution in [2.24, 2.45) is 15.9 Å². The molecule has 1 N–H and O–H groups in total. The highest BCUT2D eigenvalue weighted by atomic mass is 32.2. The molecular formula is C19H22N5O3S+. The molecule has 1 unspecified atom stereocenters. The normalized spacial score (nSPS) is 19.3. The Morgan fingerprint density at radius 1 is 1.18 bits per heavy atom. The van der Waals surface area contributed by atoms with Crippen molar-refractivity contribution in [2.45, 2.75) is 20.8 Å². The molecule has 4 amide bonds. The van der Waals surface area contributed by atoms with Gasteiger partial charge in [0.1, 0.15) is 5.04 Å². The molecule has 0 aliphatic carbocycles. The van der Waals surface area contributed by atoms with Gasteiger partial charge >= 0.3 is 11.9 Å². The number of nitrogens with zero attached hydrogens (tertiary/aromatic N) is 4. The van der Waals surface area contributed by atoms with Gasteiger partial charge in [0.2, 0.25) is 11.7 Å². The largest absolute Gasteiger partial charge is 0.445 e. The average Bonchev–Trinajstić information content (AvgIpc) is 2.61. The number of urea groups is 1. The van der Waals surface area contributed by atoms with Crippen LogP contribution in [0.4, 0.5) is 10.5 Å². The zero-order valence-corrected chi connectivity index (χ0v) is 17.3. The number of imide groups is 1. The molecule has 0 aromatic heterocycles. The van der Waals surface area contributed by atoms with Crippen LogP contribution in [-0.4, -0.2) is 63.9 Å². The number of benzene rings is 1. The summed E-state index contributed by atoms with van der Waals surface area (Å²) in [5.74, 6) is -0.471. The maximum absolute atomic E-state index is 12.6. The molecule has 1 aromatic carbocycles. The molecule has 1 atom stereocenters. The third-order valence-corrected chi connectivity index (χ3v) is 5.43. The molecule has 0 bridgehead atoms. The van der Waals surface area contributed by atoms with Gasteiger partial charge < -0.3 is 5.32 Å². The summed E-state index contributed by atoms with van der Waals surface area (Å²) in [6.45, 7) is 5.63. The van der Waals surface area contributed by atoms with Crippen molar-refractivity contribution in [3.05, 3.63) is 29.3 Å². The fourth-order valence-electron chi connectivity index (χ4n) is 3.18. The number of amidine groups is 2. The number of rotatable bonds is 3. The molecule has 2 heterocycles. The van der Waals surface area contributed by atoms with Crippen LogP contribution in [0.2, 0.25) is 0 Å². The van der Waals surface area contributed by atoms with Gasteiger partial charge in [-0.3, -0.25) is 9.59 Å². The molecule has 1 aromatic rings. The van der Waals surface area contributed by atoms with Gasteiger partial charge in [0.25, 0.3) is 5.84 Å². The van der Waals surface area contributed by atoms with E-state index in [-0.39, 0.29) is 11.7 Å². The van der Waals surface area contributed by atoms with Gasteiger partial charge in [-0.15, -0.1) is 0 Å². The number of hydrogen-bond acceptors (Lipinski definition) is 6.